The summed E-state index contributed by atoms with van der Waals surface area (Å²) in [4.78, 5) is 28.2. The Kier molecular flexibility index (Phi) is 7.87. The molecule has 1 aromatic rings. The van der Waals surface area contributed by atoms with Crippen LogP contribution in [0, 0.1) is 5.92 Å². The third kappa shape index (κ3) is 6.31. The van der Waals surface area contributed by atoms with Gasteiger partial charge in [-0.25, -0.2) is 4.79 Å². The number of rotatable bonds is 6. The van der Waals surface area contributed by atoms with Crippen molar-refractivity contribution >= 4 is 17.6 Å². The van der Waals surface area contributed by atoms with Gasteiger partial charge in [-0.15, -0.1) is 0 Å². The van der Waals surface area contributed by atoms with Gasteiger partial charge in [0.05, 0.1) is 13.2 Å². The van der Waals surface area contributed by atoms with Gasteiger partial charge in [0.1, 0.15) is 0 Å². The fourth-order valence-electron chi connectivity index (χ4n) is 3.12. The van der Waals surface area contributed by atoms with Gasteiger partial charge in [-0.3, -0.25) is 4.79 Å². The van der Waals surface area contributed by atoms with Crippen LogP contribution < -0.4 is 10.6 Å². The van der Waals surface area contributed by atoms with E-state index in [9.17, 15) is 9.59 Å². The average Bonchev–Trinajstić information content (AvgIpc) is 2.85. The smallest absolute Gasteiger partial charge is 0.321 e. The van der Waals surface area contributed by atoms with Gasteiger partial charge in [0.2, 0.25) is 5.91 Å². The van der Waals surface area contributed by atoms with Crippen molar-refractivity contribution in [1.29, 1.82) is 0 Å². The van der Waals surface area contributed by atoms with E-state index in [0.717, 1.165) is 17.8 Å². The molecular formula is C19H30N4O3. The van der Waals surface area contributed by atoms with Gasteiger partial charge in [-0.2, -0.15) is 0 Å². The maximum atomic E-state index is 12.8. The quantitative estimate of drug-likeness (QED) is 0.802. The van der Waals surface area contributed by atoms with Gasteiger partial charge < -0.3 is 25.2 Å². The topological polar surface area (TPSA) is 73.9 Å². The number of anilines is 1. The van der Waals surface area contributed by atoms with E-state index in [1.807, 2.05) is 43.3 Å². The minimum Gasteiger partial charge on any atom is -0.379 e. The first-order valence-electron chi connectivity index (χ1n) is 9.06. The largest absolute Gasteiger partial charge is 0.379 e. The van der Waals surface area contributed by atoms with Gasteiger partial charge in [0.25, 0.3) is 0 Å². The average molecular weight is 362 g/mol. The molecule has 1 aliphatic rings. The molecule has 2 N–H and O–H groups in total. The number of ether oxygens (including phenoxy) is 1. The summed E-state index contributed by atoms with van der Waals surface area (Å²) in [6.45, 7) is 3.35. The summed E-state index contributed by atoms with van der Waals surface area (Å²) in [7, 11) is 5.68. The van der Waals surface area contributed by atoms with Crippen LogP contribution >= 0.6 is 0 Å². The van der Waals surface area contributed by atoms with E-state index in [2.05, 4.69) is 15.5 Å². The predicted molar refractivity (Wildman–Crippen MR) is 102 cm³/mol. The SMILES string of the molecule is CNC(=O)CCc1ccccc1NC(=O)N1CCOCC(CN(C)C)C1. The number of para-hydroxylation sites is 1. The van der Waals surface area contributed by atoms with Crippen LogP contribution in [0.1, 0.15) is 12.0 Å². The van der Waals surface area contributed by atoms with Crippen molar-refractivity contribution in [3.05, 3.63) is 29.8 Å². The second-order valence-corrected chi connectivity index (χ2v) is 6.91. The fourth-order valence-corrected chi connectivity index (χ4v) is 3.12. The van der Waals surface area contributed by atoms with Crippen LogP contribution in [0.4, 0.5) is 10.5 Å². The van der Waals surface area contributed by atoms with Gasteiger partial charge >= 0.3 is 6.03 Å². The zero-order valence-electron chi connectivity index (χ0n) is 16.0. The first kappa shape index (κ1) is 20.2. The van der Waals surface area contributed by atoms with Gasteiger partial charge in [-0.1, -0.05) is 18.2 Å². The normalized spacial score (nSPS) is 17.7. The molecule has 0 aromatic heterocycles. The number of benzene rings is 1. The van der Waals surface area contributed by atoms with Gasteiger partial charge in [-0.05, 0) is 32.1 Å². The van der Waals surface area contributed by atoms with Crippen molar-refractivity contribution in [3.8, 4) is 0 Å². The molecule has 1 aromatic carbocycles. The molecule has 2 rings (SSSR count). The second-order valence-electron chi connectivity index (χ2n) is 6.91. The van der Waals surface area contributed by atoms with Crippen LogP contribution in [0.15, 0.2) is 24.3 Å². The molecule has 7 heteroatoms. The van der Waals surface area contributed by atoms with Crippen LogP contribution in [-0.2, 0) is 16.0 Å². The van der Waals surface area contributed by atoms with E-state index in [-0.39, 0.29) is 11.9 Å². The van der Waals surface area contributed by atoms with Crippen molar-refractivity contribution in [2.45, 2.75) is 12.8 Å². The highest BCUT2D eigenvalue weighted by molar-refractivity contribution is 5.90. The first-order valence-corrected chi connectivity index (χ1v) is 9.06. The standard InChI is InChI=1S/C19H30N4O3/c1-20-18(24)9-8-16-6-4-5-7-17(16)21-19(25)23-10-11-26-14-15(13-23)12-22(2)3/h4-7,15H,8-14H2,1-3H3,(H,20,24)(H,21,25). The Morgan fingerprint density at radius 2 is 2.08 bits per heavy atom. The molecule has 0 bridgehead atoms. The second kappa shape index (κ2) is 10.1. The summed E-state index contributed by atoms with van der Waals surface area (Å²) >= 11 is 0. The molecule has 7 nitrogen and oxygen atoms in total. The van der Waals surface area contributed by atoms with Crippen molar-refractivity contribution in [2.24, 2.45) is 5.92 Å². The van der Waals surface area contributed by atoms with E-state index < -0.39 is 0 Å². The molecule has 26 heavy (non-hydrogen) atoms. The third-order valence-electron chi connectivity index (χ3n) is 4.41. The maximum Gasteiger partial charge on any atom is 0.321 e. The molecule has 1 aliphatic heterocycles. The molecule has 144 valence electrons. The number of amides is 3. The molecule has 1 fully saturated rings. The minimum absolute atomic E-state index is 0.0117. The molecule has 1 atom stereocenters. The van der Waals surface area contributed by atoms with Crippen LogP contribution in [0.3, 0.4) is 0 Å². The summed E-state index contributed by atoms with van der Waals surface area (Å²) < 4.78 is 5.65. The molecule has 3 amide bonds. The van der Waals surface area contributed by atoms with E-state index in [1.165, 1.54) is 0 Å². The number of carbonyl (C=O) groups excluding carboxylic acids is 2. The molecule has 1 saturated heterocycles. The van der Waals surface area contributed by atoms with Crippen molar-refractivity contribution in [2.75, 3.05) is 59.3 Å². The highest BCUT2D eigenvalue weighted by Gasteiger charge is 2.23. The number of aryl methyl sites for hydroxylation is 1. The lowest BCUT2D eigenvalue weighted by molar-refractivity contribution is -0.120. The van der Waals surface area contributed by atoms with Crippen LogP contribution in [0.5, 0.6) is 0 Å². The number of urea groups is 1. The molecular weight excluding hydrogens is 332 g/mol. The number of nitrogens with zero attached hydrogens (tertiary/aromatic N) is 2. The Bertz CT molecular complexity index is 606. The third-order valence-corrected chi connectivity index (χ3v) is 4.41. The summed E-state index contributed by atoms with van der Waals surface area (Å²) in [6.07, 6.45) is 0.980. The van der Waals surface area contributed by atoms with Crippen LogP contribution in [0.2, 0.25) is 0 Å². The van der Waals surface area contributed by atoms with Crippen molar-refractivity contribution in [1.82, 2.24) is 15.1 Å². The minimum atomic E-state index is -0.119. The summed E-state index contributed by atoms with van der Waals surface area (Å²) in [5.41, 5.74) is 1.72. The molecule has 0 aliphatic carbocycles. The summed E-state index contributed by atoms with van der Waals surface area (Å²) in [5, 5.41) is 5.63. The van der Waals surface area contributed by atoms with Crippen molar-refractivity contribution < 1.29 is 14.3 Å². The lowest BCUT2D eigenvalue weighted by atomic mass is 10.1. The molecule has 1 heterocycles. The number of hydrogen-bond donors (Lipinski definition) is 2. The highest BCUT2D eigenvalue weighted by atomic mass is 16.5. The van der Waals surface area contributed by atoms with E-state index in [1.54, 1.807) is 7.05 Å². The Morgan fingerprint density at radius 3 is 2.81 bits per heavy atom. The Labute approximate surface area is 155 Å². The number of nitrogens with one attached hydrogen (secondary N) is 2. The lowest BCUT2D eigenvalue weighted by Gasteiger charge is -2.26. The number of carbonyl (C=O) groups is 2. The molecule has 0 spiro atoms. The summed E-state index contributed by atoms with van der Waals surface area (Å²) in [5.74, 6) is 0.282. The zero-order chi connectivity index (χ0) is 18.9. The lowest BCUT2D eigenvalue weighted by Crippen LogP contribution is -2.41. The monoisotopic (exact) mass is 362 g/mol. The highest BCUT2D eigenvalue weighted by Crippen LogP contribution is 2.18. The van der Waals surface area contributed by atoms with Crippen LogP contribution in [-0.4, -0.2) is 75.7 Å². The Hall–Kier alpha value is -2.12. The molecule has 0 saturated carbocycles. The zero-order valence-corrected chi connectivity index (χ0v) is 16.0. The van der Waals surface area contributed by atoms with Gasteiger partial charge in [0.15, 0.2) is 0 Å². The van der Waals surface area contributed by atoms with Gasteiger partial charge in [0, 0.05) is 44.7 Å². The molecule has 1 unspecified atom stereocenters. The van der Waals surface area contributed by atoms with Crippen LogP contribution in [0.25, 0.3) is 0 Å². The number of hydrogen-bond acceptors (Lipinski definition) is 4. The summed E-state index contributed by atoms with van der Waals surface area (Å²) in [6, 6.07) is 7.51. The predicted octanol–water partition coefficient (Wildman–Crippen LogP) is 1.41. The van der Waals surface area contributed by atoms with E-state index in [0.29, 0.717) is 45.1 Å². The van der Waals surface area contributed by atoms with E-state index in [4.69, 9.17) is 4.74 Å². The van der Waals surface area contributed by atoms with E-state index >= 15 is 0 Å². The maximum absolute atomic E-state index is 12.8. The Morgan fingerprint density at radius 1 is 1.31 bits per heavy atom. The molecule has 0 radical (unpaired) electrons. The Balaban J connectivity index is 2.00. The van der Waals surface area contributed by atoms with Crippen molar-refractivity contribution in [3.63, 3.8) is 0 Å². The first-order chi connectivity index (χ1) is 12.5. The fraction of sp³-hybridized carbons (Fsp3) is 0.579.